The number of nitrogens with two attached hydrogens (primary N) is 1. The Morgan fingerprint density at radius 2 is 2.27 bits per heavy atom. The lowest BCUT2D eigenvalue weighted by Gasteiger charge is -2.03. The molecule has 0 aliphatic carbocycles. The lowest BCUT2D eigenvalue weighted by atomic mass is 10.1. The molecule has 2 rings (SSSR count). The van der Waals surface area contributed by atoms with E-state index in [9.17, 15) is 9.90 Å². The molecule has 5 heteroatoms. The number of nitrogens with zero attached hydrogens (tertiary/aromatic N) is 1. The zero-order valence-corrected chi connectivity index (χ0v) is 9.17. The van der Waals surface area contributed by atoms with Gasteiger partial charge in [-0.25, -0.2) is 0 Å². The number of hydrogen-bond donors (Lipinski definition) is 2. The van der Waals surface area contributed by atoms with Gasteiger partial charge in [-0.3, -0.25) is 9.36 Å². The van der Waals surface area contributed by atoms with Crippen LogP contribution in [0.25, 0.3) is 10.2 Å². The van der Waals surface area contributed by atoms with Crippen LogP contribution in [0, 0.1) is 0 Å². The summed E-state index contributed by atoms with van der Waals surface area (Å²) < 4.78 is 2.31. The predicted octanol–water partition coefficient (Wildman–Crippen LogP) is 0.807. The highest BCUT2D eigenvalue weighted by atomic mass is 32.1. The largest absolute Gasteiger partial charge is 0.506 e. The Balaban J connectivity index is 2.82. The first kappa shape index (κ1) is 10.2. The van der Waals surface area contributed by atoms with Gasteiger partial charge in [0.25, 0.3) is 0 Å². The number of phenolic OH excluding ortho intramolecular Hbond substituents is 1. The van der Waals surface area contributed by atoms with Crippen LogP contribution >= 0.6 is 11.3 Å². The molecule has 0 saturated heterocycles. The van der Waals surface area contributed by atoms with Gasteiger partial charge in [0.2, 0.25) is 0 Å². The number of phenols is 1. The molecule has 0 radical (unpaired) electrons. The Morgan fingerprint density at radius 3 is 2.93 bits per heavy atom. The summed E-state index contributed by atoms with van der Waals surface area (Å²) in [6.07, 6.45) is 0.719. The summed E-state index contributed by atoms with van der Waals surface area (Å²) in [5, 5.41) is 9.67. The van der Waals surface area contributed by atoms with Crippen molar-refractivity contribution in [3.8, 4) is 5.75 Å². The Kier molecular flexibility index (Phi) is 2.50. The minimum Gasteiger partial charge on any atom is -0.506 e. The molecule has 0 bridgehead atoms. The van der Waals surface area contributed by atoms with E-state index in [1.807, 2.05) is 6.07 Å². The molecule has 0 fully saturated rings. The van der Waals surface area contributed by atoms with Gasteiger partial charge < -0.3 is 10.8 Å². The molecule has 2 aromatic rings. The van der Waals surface area contributed by atoms with E-state index in [0.717, 1.165) is 28.0 Å². The number of fused-ring (bicyclic) bond motifs is 1. The Labute approximate surface area is 90.6 Å². The van der Waals surface area contributed by atoms with Crippen LogP contribution in [0.4, 0.5) is 0 Å². The number of aromatic nitrogens is 1. The van der Waals surface area contributed by atoms with Crippen LogP contribution in [0.2, 0.25) is 0 Å². The van der Waals surface area contributed by atoms with Gasteiger partial charge in [-0.05, 0) is 24.6 Å². The third kappa shape index (κ3) is 1.53. The van der Waals surface area contributed by atoms with Gasteiger partial charge in [0, 0.05) is 7.05 Å². The maximum atomic E-state index is 11.5. The fourth-order valence-corrected chi connectivity index (χ4v) is 2.68. The van der Waals surface area contributed by atoms with E-state index in [-0.39, 0.29) is 10.6 Å². The van der Waals surface area contributed by atoms with E-state index in [0.29, 0.717) is 12.1 Å². The molecule has 0 aliphatic rings. The van der Waals surface area contributed by atoms with Crippen molar-refractivity contribution in [3.05, 3.63) is 27.4 Å². The Bertz CT molecular complexity index is 556. The van der Waals surface area contributed by atoms with Gasteiger partial charge in [0.15, 0.2) is 0 Å². The fourth-order valence-electron chi connectivity index (χ4n) is 1.64. The van der Waals surface area contributed by atoms with E-state index in [4.69, 9.17) is 5.73 Å². The Hall–Kier alpha value is -1.33. The molecule has 15 heavy (non-hydrogen) atoms. The fraction of sp³-hybridized carbons (Fsp3) is 0.300. The number of aromatic hydroxyl groups is 1. The minimum atomic E-state index is -0.0650. The zero-order chi connectivity index (χ0) is 11.0. The van der Waals surface area contributed by atoms with Crippen LogP contribution in [0.5, 0.6) is 5.75 Å². The third-order valence-electron chi connectivity index (χ3n) is 2.40. The molecule has 1 heterocycles. The van der Waals surface area contributed by atoms with Crippen molar-refractivity contribution in [1.29, 1.82) is 0 Å². The van der Waals surface area contributed by atoms with Crippen LogP contribution in [0.15, 0.2) is 16.9 Å². The van der Waals surface area contributed by atoms with Gasteiger partial charge in [-0.1, -0.05) is 17.4 Å². The lowest BCUT2D eigenvalue weighted by molar-refractivity contribution is 0.478. The summed E-state index contributed by atoms with van der Waals surface area (Å²) >= 11 is 1.15. The molecule has 0 atom stereocenters. The molecule has 0 amide bonds. The molecule has 4 nitrogen and oxygen atoms in total. The van der Waals surface area contributed by atoms with E-state index in [1.54, 1.807) is 13.1 Å². The number of hydrogen-bond acceptors (Lipinski definition) is 4. The maximum Gasteiger partial charge on any atom is 0.308 e. The van der Waals surface area contributed by atoms with Gasteiger partial charge in [-0.15, -0.1) is 0 Å². The number of rotatable bonds is 2. The molecule has 0 unspecified atom stereocenters. The summed E-state index contributed by atoms with van der Waals surface area (Å²) in [4.78, 5) is 11.4. The highest BCUT2D eigenvalue weighted by Gasteiger charge is 2.11. The summed E-state index contributed by atoms with van der Waals surface area (Å²) in [6.45, 7) is 0.537. The number of benzene rings is 1. The average Bonchev–Trinajstić information content (AvgIpc) is 2.50. The smallest absolute Gasteiger partial charge is 0.308 e. The molecule has 1 aromatic carbocycles. The van der Waals surface area contributed by atoms with Crippen molar-refractivity contribution in [1.82, 2.24) is 4.57 Å². The second kappa shape index (κ2) is 3.67. The van der Waals surface area contributed by atoms with Crippen LogP contribution < -0.4 is 10.6 Å². The average molecular weight is 224 g/mol. The van der Waals surface area contributed by atoms with Crippen molar-refractivity contribution in [3.63, 3.8) is 0 Å². The van der Waals surface area contributed by atoms with Crippen molar-refractivity contribution in [2.75, 3.05) is 6.54 Å². The van der Waals surface area contributed by atoms with Gasteiger partial charge in [0.05, 0.1) is 4.70 Å². The molecule has 0 spiro atoms. The van der Waals surface area contributed by atoms with E-state index < -0.39 is 0 Å². The summed E-state index contributed by atoms with van der Waals surface area (Å²) in [6, 6.07) is 3.43. The van der Waals surface area contributed by atoms with E-state index in [1.165, 1.54) is 4.57 Å². The van der Waals surface area contributed by atoms with Crippen LogP contribution in [-0.2, 0) is 13.5 Å². The zero-order valence-electron chi connectivity index (χ0n) is 8.36. The topological polar surface area (TPSA) is 68.2 Å². The van der Waals surface area contributed by atoms with Crippen LogP contribution in [0.1, 0.15) is 5.56 Å². The predicted molar refractivity (Wildman–Crippen MR) is 61.5 cm³/mol. The van der Waals surface area contributed by atoms with Gasteiger partial charge >= 0.3 is 4.87 Å². The molecule has 0 saturated carbocycles. The highest BCUT2D eigenvalue weighted by Crippen LogP contribution is 2.29. The molecule has 3 N–H and O–H groups in total. The third-order valence-corrected chi connectivity index (χ3v) is 3.51. The van der Waals surface area contributed by atoms with E-state index in [2.05, 4.69) is 0 Å². The van der Waals surface area contributed by atoms with Crippen LogP contribution in [0.3, 0.4) is 0 Å². The number of thiazole rings is 1. The molecule has 0 aliphatic heterocycles. The van der Waals surface area contributed by atoms with Crippen molar-refractivity contribution in [2.45, 2.75) is 6.42 Å². The molecule has 80 valence electrons. The molecular weight excluding hydrogens is 212 g/mol. The second-order valence-electron chi connectivity index (χ2n) is 3.39. The van der Waals surface area contributed by atoms with Gasteiger partial charge in [-0.2, -0.15) is 0 Å². The normalized spacial score (nSPS) is 11.1. The van der Waals surface area contributed by atoms with Crippen molar-refractivity contribution >= 4 is 21.6 Å². The Morgan fingerprint density at radius 1 is 1.53 bits per heavy atom. The maximum absolute atomic E-state index is 11.5. The summed E-state index contributed by atoms with van der Waals surface area (Å²) in [5.74, 6) is 0.145. The first-order valence-electron chi connectivity index (χ1n) is 4.65. The molecular formula is C10H12N2O2S. The quantitative estimate of drug-likeness (QED) is 0.793. The SMILES string of the molecule is Cn1c(=O)sc2c(CCN)ccc(O)c21. The van der Waals surface area contributed by atoms with Crippen LogP contribution in [-0.4, -0.2) is 16.2 Å². The van der Waals surface area contributed by atoms with E-state index >= 15 is 0 Å². The summed E-state index contributed by atoms with van der Waals surface area (Å²) in [7, 11) is 1.66. The monoisotopic (exact) mass is 224 g/mol. The first-order chi connectivity index (χ1) is 7.15. The molecule has 1 aromatic heterocycles. The summed E-state index contributed by atoms with van der Waals surface area (Å²) in [5.41, 5.74) is 7.12. The lowest BCUT2D eigenvalue weighted by Crippen LogP contribution is -2.06. The first-order valence-corrected chi connectivity index (χ1v) is 5.47. The van der Waals surface area contributed by atoms with Gasteiger partial charge in [0.1, 0.15) is 11.3 Å². The number of aryl methyl sites for hydroxylation is 1. The highest BCUT2D eigenvalue weighted by molar-refractivity contribution is 7.16. The van der Waals surface area contributed by atoms with Crippen molar-refractivity contribution < 1.29 is 5.11 Å². The minimum absolute atomic E-state index is 0.0650. The second-order valence-corrected chi connectivity index (χ2v) is 4.35. The van der Waals surface area contributed by atoms with Crippen molar-refractivity contribution in [2.24, 2.45) is 12.8 Å². The standard InChI is InChI=1S/C10H12N2O2S/c1-12-8-7(13)3-2-6(4-5-11)9(8)15-10(12)14/h2-3,13H,4-5,11H2,1H3.